The molecule has 3 aromatic rings. The Bertz CT molecular complexity index is 1490. The maximum Gasteiger partial charge on any atom is 0.407 e. The molecule has 3 aliphatic rings. The summed E-state index contributed by atoms with van der Waals surface area (Å²) in [6.45, 7) is 4.26. The average Bonchev–Trinajstić information content (AvgIpc) is 3.64. The van der Waals surface area contributed by atoms with Crippen LogP contribution < -0.4 is 5.32 Å². The van der Waals surface area contributed by atoms with Gasteiger partial charge in [-0.2, -0.15) is 4.31 Å². The molecule has 2 aliphatic heterocycles. The van der Waals surface area contributed by atoms with Crippen molar-refractivity contribution in [3.05, 3.63) is 72.8 Å². The molecule has 1 aromatic heterocycles. The van der Waals surface area contributed by atoms with Crippen molar-refractivity contribution in [3.63, 3.8) is 0 Å². The molecule has 0 spiro atoms. The number of nitrogens with zero attached hydrogens (tertiary/aromatic N) is 2. The maximum atomic E-state index is 13.9. The van der Waals surface area contributed by atoms with Crippen LogP contribution in [0.15, 0.2) is 76.5 Å². The van der Waals surface area contributed by atoms with Gasteiger partial charge in [0.1, 0.15) is 6.10 Å². The first-order chi connectivity index (χ1) is 21.2. The highest BCUT2D eigenvalue weighted by molar-refractivity contribution is 7.89. The van der Waals surface area contributed by atoms with Gasteiger partial charge in [-0.05, 0) is 55.0 Å². The van der Waals surface area contributed by atoms with E-state index >= 15 is 0 Å². The summed E-state index contributed by atoms with van der Waals surface area (Å²) in [7, 11) is -3.99. The number of hydrogen-bond donors (Lipinski definition) is 2. The SMILES string of the molecule is CC(C)CN(C[C@@H](O)[C@H](Cc1ccccc1)NC(=O)OC1C2COC3OC1CC3C2)S(=O)(=O)c1ccc(-c2cnco2)cc1. The summed E-state index contributed by atoms with van der Waals surface area (Å²) in [6, 6.07) is 15.0. The molecule has 3 fully saturated rings. The summed E-state index contributed by atoms with van der Waals surface area (Å²) in [6.07, 6.45) is 2.03. The number of aliphatic hydroxyl groups is 1. The fourth-order valence-corrected chi connectivity index (χ4v) is 8.12. The first-order valence-electron chi connectivity index (χ1n) is 15.1. The van der Waals surface area contributed by atoms with E-state index in [1.807, 2.05) is 44.2 Å². The van der Waals surface area contributed by atoms with E-state index < -0.39 is 34.4 Å². The standard InChI is InChI=1S/C32H39N3O8S/c1-20(2)16-35(44(38,39)25-10-8-22(9-11-25)29-15-33-19-41-29)17-27(36)26(12-21-6-4-3-5-7-21)34-32(37)43-30-24-13-23-14-28(30)42-31(23)40-18-24/h3-11,15,19-20,23-24,26-28,30-31,36H,12-14,16-18H2,1-2H3,(H,34,37)/t23?,24?,26-,27+,28?,30?,31?/m0/s1. The average molecular weight is 626 g/mol. The highest BCUT2D eigenvalue weighted by Crippen LogP contribution is 2.46. The lowest BCUT2D eigenvalue weighted by molar-refractivity contribution is -0.153. The Morgan fingerprint density at radius 2 is 1.86 bits per heavy atom. The van der Waals surface area contributed by atoms with Gasteiger partial charge in [0.25, 0.3) is 0 Å². The van der Waals surface area contributed by atoms with Crippen LogP contribution in [0.5, 0.6) is 0 Å². The number of aliphatic hydroxyl groups excluding tert-OH is 1. The van der Waals surface area contributed by atoms with Crippen LogP contribution in [0.2, 0.25) is 0 Å². The second-order valence-corrected chi connectivity index (χ2v) is 14.3. The number of amides is 1. The normalized spacial score (nSPS) is 25.7. The second-order valence-electron chi connectivity index (χ2n) is 12.4. The van der Waals surface area contributed by atoms with Crippen molar-refractivity contribution in [3.8, 4) is 11.3 Å². The fraction of sp³-hybridized carbons (Fsp3) is 0.500. The highest BCUT2D eigenvalue weighted by Gasteiger charge is 2.53. The number of ether oxygens (including phenoxy) is 3. The van der Waals surface area contributed by atoms with E-state index in [0.717, 1.165) is 18.4 Å². The molecule has 2 aromatic carbocycles. The summed E-state index contributed by atoms with van der Waals surface area (Å²) in [5.74, 6) is 0.900. The van der Waals surface area contributed by atoms with Crippen LogP contribution in [0.25, 0.3) is 11.3 Å². The summed E-state index contributed by atoms with van der Waals surface area (Å²) in [5.41, 5.74) is 1.57. The summed E-state index contributed by atoms with van der Waals surface area (Å²) < 4.78 is 52.0. The Morgan fingerprint density at radius 1 is 1.09 bits per heavy atom. The van der Waals surface area contributed by atoms with Gasteiger partial charge in [0.2, 0.25) is 10.0 Å². The zero-order valence-corrected chi connectivity index (χ0v) is 25.6. The van der Waals surface area contributed by atoms with E-state index in [4.69, 9.17) is 18.6 Å². The number of carbonyl (C=O) groups excluding carboxylic acids is 1. The van der Waals surface area contributed by atoms with E-state index in [1.165, 1.54) is 22.8 Å². The van der Waals surface area contributed by atoms with Gasteiger partial charge in [-0.25, -0.2) is 18.2 Å². The number of nitrogens with one attached hydrogen (secondary N) is 1. The van der Waals surface area contributed by atoms with Crippen LogP contribution in [0.1, 0.15) is 32.3 Å². The van der Waals surface area contributed by atoms with Crippen LogP contribution in [-0.4, -0.2) is 79.2 Å². The van der Waals surface area contributed by atoms with Gasteiger partial charge in [-0.15, -0.1) is 0 Å². The van der Waals surface area contributed by atoms with Crippen LogP contribution in [0, 0.1) is 17.8 Å². The van der Waals surface area contributed by atoms with Crippen molar-refractivity contribution in [2.24, 2.45) is 17.8 Å². The minimum atomic E-state index is -3.99. The second kappa shape index (κ2) is 13.0. The minimum absolute atomic E-state index is 0.0186. The van der Waals surface area contributed by atoms with Gasteiger partial charge < -0.3 is 29.1 Å². The Kier molecular flexibility index (Phi) is 9.06. The third-order valence-corrected chi connectivity index (χ3v) is 10.5. The summed E-state index contributed by atoms with van der Waals surface area (Å²) in [5, 5.41) is 14.4. The number of fused-ring (bicyclic) bond motifs is 2. The number of oxazole rings is 1. The molecule has 0 radical (unpaired) electrons. The molecule has 236 valence electrons. The van der Waals surface area contributed by atoms with E-state index in [9.17, 15) is 18.3 Å². The third-order valence-electron chi connectivity index (χ3n) is 8.62. The lowest BCUT2D eigenvalue weighted by atomic mass is 9.78. The molecule has 2 N–H and O–H groups in total. The molecule has 3 heterocycles. The van der Waals surface area contributed by atoms with Gasteiger partial charge in [0.05, 0.1) is 35.9 Å². The zero-order valence-electron chi connectivity index (χ0n) is 24.8. The van der Waals surface area contributed by atoms with E-state index in [0.29, 0.717) is 23.8 Å². The quantitative estimate of drug-likeness (QED) is 0.307. The molecule has 2 saturated heterocycles. The molecule has 5 unspecified atom stereocenters. The Morgan fingerprint density at radius 3 is 2.57 bits per heavy atom. The first-order valence-corrected chi connectivity index (χ1v) is 16.6. The topological polar surface area (TPSA) is 140 Å². The molecule has 6 rings (SSSR count). The smallest absolute Gasteiger partial charge is 0.407 e. The molecule has 1 amide bonds. The van der Waals surface area contributed by atoms with Crippen molar-refractivity contribution in [2.75, 3.05) is 19.7 Å². The van der Waals surface area contributed by atoms with Gasteiger partial charge >= 0.3 is 6.09 Å². The molecule has 3 bridgehead atoms. The largest absolute Gasteiger partial charge is 0.444 e. The van der Waals surface area contributed by atoms with Crippen molar-refractivity contribution in [1.29, 1.82) is 0 Å². The number of benzene rings is 2. The predicted molar refractivity (Wildman–Crippen MR) is 160 cm³/mol. The minimum Gasteiger partial charge on any atom is -0.444 e. The van der Waals surface area contributed by atoms with Crippen molar-refractivity contribution in [2.45, 2.75) is 68.6 Å². The molecule has 12 heteroatoms. The van der Waals surface area contributed by atoms with Crippen molar-refractivity contribution in [1.82, 2.24) is 14.6 Å². The lowest BCUT2D eigenvalue weighted by Crippen LogP contribution is -2.53. The Balaban J connectivity index is 1.19. The van der Waals surface area contributed by atoms with Gasteiger partial charge in [0, 0.05) is 30.5 Å². The van der Waals surface area contributed by atoms with Crippen LogP contribution >= 0.6 is 0 Å². The highest BCUT2D eigenvalue weighted by atomic mass is 32.2. The van der Waals surface area contributed by atoms with Crippen molar-refractivity contribution < 1.29 is 36.9 Å². The van der Waals surface area contributed by atoms with E-state index in [-0.39, 0.29) is 48.6 Å². The van der Waals surface area contributed by atoms with E-state index in [2.05, 4.69) is 10.3 Å². The molecule has 1 saturated carbocycles. The summed E-state index contributed by atoms with van der Waals surface area (Å²) in [4.78, 5) is 17.3. The van der Waals surface area contributed by atoms with Gasteiger partial charge in [-0.1, -0.05) is 44.2 Å². The molecule has 11 nitrogen and oxygen atoms in total. The number of carbonyl (C=O) groups is 1. The molecular weight excluding hydrogens is 586 g/mol. The van der Waals surface area contributed by atoms with Crippen molar-refractivity contribution >= 4 is 16.1 Å². The van der Waals surface area contributed by atoms with Gasteiger partial charge in [0.15, 0.2) is 18.4 Å². The zero-order chi connectivity index (χ0) is 30.8. The number of alkyl carbamates (subject to hydrolysis) is 1. The number of sulfonamides is 1. The number of aromatic nitrogens is 1. The molecule has 44 heavy (non-hydrogen) atoms. The lowest BCUT2D eigenvalue weighted by Gasteiger charge is -2.37. The third kappa shape index (κ3) is 6.69. The predicted octanol–water partition coefficient (Wildman–Crippen LogP) is 3.84. The number of hydrogen-bond acceptors (Lipinski definition) is 9. The first kappa shape index (κ1) is 30.7. The molecule has 1 aliphatic carbocycles. The van der Waals surface area contributed by atoms with E-state index in [1.54, 1.807) is 18.3 Å². The van der Waals surface area contributed by atoms with Crippen LogP contribution in [0.3, 0.4) is 0 Å². The van der Waals surface area contributed by atoms with Crippen LogP contribution in [-0.2, 0) is 30.7 Å². The molecular formula is C32H39N3O8S. The number of rotatable bonds is 12. The fourth-order valence-electron chi connectivity index (χ4n) is 6.50. The maximum absolute atomic E-state index is 13.9. The monoisotopic (exact) mass is 625 g/mol. The molecule has 7 atom stereocenters. The van der Waals surface area contributed by atoms with Gasteiger partial charge in [-0.3, -0.25) is 0 Å². The van der Waals surface area contributed by atoms with Crippen LogP contribution in [0.4, 0.5) is 4.79 Å². The Hall–Kier alpha value is -3.29. The summed E-state index contributed by atoms with van der Waals surface area (Å²) >= 11 is 0. The Labute approximate surface area is 257 Å².